The molecule has 1 rings (SSSR count). The molecule has 0 aliphatic heterocycles. The summed E-state index contributed by atoms with van der Waals surface area (Å²) in [5.74, 6) is -1.38. The van der Waals surface area contributed by atoms with Crippen molar-refractivity contribution in [3.8, 4) is 5.75 Å². The van der Waals surface area contributed by atoms with Gasteiger partial charge in [0.1, 0.15) is 11.6 Å². The number of nitrogens with one attached hydrogen (secondary N) is 1. The van der Waals surface area contributed by atoms with Gasteiger partial charge in [-0.05, 0) is 30.4 Å². The Labute approximate surface area is 112 Å². The Balaban J connectivity index is 2.44. The fourth-order valence-corrected chi connectivity index (χ4v) is 1.64. The largest absolute Gasteiger partial charge is 0.507 e. The van der Waals surface area contributed by atoms with Gasteiger partial charge < -0.3 is 15.5 Å². The van der Waals surface area contributed by atoms with Crippen molar-refractivity contribution in [3.05, 3.63) is 29.6 Å². The molecule has 106 valence electrons. The molecule has 0 spiro atoms. The zero-order valence-electron chi connectivity index (χ0n) is 11.2. The number of hydrogen-bond acceptors (Lipinski definition) is 3. The van der Waals surface area contributed by atoms with E-state index in [-0.39, 0.29) is 23.3 Å². The van der Waals surface area contributed by atoms with Crippen molar-refractivity contribution in [2.75, 3.05) is 13.2 Å². The van der Waals surface area contributed by atoms with Gasteiger partial charge in [0.15, 0.2) is 0 Å². The monoisotopic (exact) mass is 269 g/mol. The van der Waals surface area contributed by atoms with Gasteiger partial charge in [-0.3, -0.25) is 4.79 Å². The maximum atomic E-state index is 12.8. The molecule has 19 heavy (non-hydrogen) atoms. The number of carbonyl (C=O) groups excluding carboxylic acids is 1. The summed E-state index contributed by atoms with van der Waals surface area (Å²) in [4.78, 5) is 11.7. The van der Waals surface area contributed by atoms with Crippen molar-refractivity contribution in [2.45, 2.75) is 26.7 Å². The summed E-state index contributed by atoms with van der Waals surface area (Å²) in [5.41, 5.74) is -0.106. The minimum absolute atomic E-state index is 0.0582. The third-order valence-corrected chi connectivity index (χ3v) is 2.95. The zero-order chi connectivity index (χ0) is 14.5. The Morgan fingerprint density at radius 2 is 2.11 bits per heavy atom. The molecule has 0 fully saturated rings. The molecule has 0 aliphatic rings. The smallest absolute Gasteiger partial charge is 0.255 e. The Morgan fingerprint density at radius 3 is 2.68 bits per heavy atom. The number of rotatable bonds is 6. The number of benzene rings is 1. The first kappa shape index (κ1) is 15.4. The molecule has 0 heterocycles. The van der Waals surface area contributed by atoms with Gasteiger partial charge in [-0.1, -0.05) is 13.8 Å². The number of aliphatic hydroxyl groups is 1. The van der Waals surface area contributed by atoms with Crippen LogP contribution >= 0.6 is 0 Å². The van der Waals surface area contributed by atoms with Gasteiger partial charge in [0.05, 0.1) is 5.56 Å². The molecule has 0 atom stereocenters. The maximum absolute atomic E-state index is 12.8. The molecule has 0 saturated carbocycles. The third kappa shape index (κ3) is 4.87. The number of phenolic OH excluding ortho intramolecular Hbond substituents is 1. The quantitative estimate of drug-likeness (QED) is 0.692. The predicted molar refractivity (Wildman–Crippen MR) is 70.5 cm³/mol. The molecule has 0 saturated heterocycles. The second kappa shape index (κ2) is 6.52. The standard InChI is InChI=1S/C14H20FNO3/c1-14(2,9-17)6-3-7-16-13(19)11-5-4-10(15)8-12(11)18/h4-5,8,17-18H,3,6-7,9H2,1-2H3,(H,16,19). The lowest BCUT2D eigenvalue weighted by atomic mass is 9.89. The summed E-state index contributed by atoms with van der Waals surface area (Å²) < 4.78 is 12.8. The predicted octanol–water partition coefficient (Wildman–Crippen LogP) is 2.06. The molecule has 0 unspecified atom stereocenters. The maximum Gasteiger partial charge on any atom is 0.255 e. The number of hydrogen-bond donors (Lipinski definition) is 3. The summed E-state index contributed by atoms with van der Waals surface area (Å²) in [7, 11) is 0. The van der Waals surface area contributed by atoms with E-state index in [9.17, 15) is 14.3 Å². The lowest BCUT2D eigenvalue weighted by molar-refractivity contribution is 0.0946. The SMILES string of the molecule is CC(C)(CO)CCCNC(=O)c1ccc(F)cc1O. The van der Waals surface area contributed by atoms with E-state index in [0.717, 1.165) is 25.0 Å². The Hall–Kier alpha value is -1.62. The number of aliphatic hydroxyl groups excluding tert-OH is 1. The minimum atomic E-state index is -0.584. The number of phenols is 1. The van der Waals surface area contributed by atoms with Crippen LogP contribution in [0.25, 0.3) is 0 Å². The van der Waals surface area contributed by atoms with Crippen LogP contribution in [0.4, 0.5) is 4.39 Å². The van der Waals surface area contributed by atoms with E-state index in [1.807, 2.05) is 13.8 Å². The number of halogens is 1. The van der Waals surface area contributed by atoms with Crippen LogP contribution in [-0.2, 0) is 0 Å². The molecule has 5 heteroatoms. The van der Waals surface area contributed by atoms with Crippen molar-refractivity contribution >= 4 is 5.91 Å². The van der Waals surface area contributed by atoms with Crippen molar-refractivity contribution in [2.24, 2.45) is 5.41 Å². The zero-order valence-corrected chi connectivity index (χ0v) is 11.2. The molecular weight excluding hydrogens is 249 g/mol. The van der Waals surface area contributed by atoms with E-state index in [2.05, 4.69) is 5.32 Å². The Morgan fingerprint density at radius 1 is 1.42 bits per heavy atom. The summed E-state index contributed by atoms with van der Waals surface area (Å²) >= 11 is 0. The van der Waals surface area contributed by atoms with E-state index < -0.39 is 11.7 Å². The second-order valence-corrected chi connectivity index (χ2v) is 5.34. The fraction of sp³-hybridized carbons (Fsp3) is 0.500. The van der Waals surface area contributed by atoms with E-state index in [1.165, 1.54) is 6.07 Å². The van der Waals surface area contributed by atoms with Crippen LogP contribution in [0.1, 0.15) is 37.0 Å². The third-order valence-electron chi connectivity index (χ3n) is 2.95. The van der Waals surface area contributed by atoms with E-state index in [1.54, 1.807) is 0 Å². The number of amides is 1. The average Bonchev–Trinajstić information content (AvgIpc) is 2.34. The van der Waals surface area contributed by atoms with Crippen molar-refractivity contribution < 1.29 is 19.4 Å². The van der Waals surface area contributed by atoms with Crippen LogP contribution in [0.2, 0.25) is 0 Å². The molecular formula is C14H20FNO3. The first-order valence-electron chi connectivity index (χ1n) is 6.23. The lowest BCUT2D eigenvalue weighted by Crippen LogP contribution is -2.26. The molecule has 1 aromatic rings. The minimum Gasteiger partial charge on any atom is -0.507 e. The summed E-state index contributed by atoms with van der Waals surface area (Å²) in [6.45, 7) is 4.43. The van der Waals surface area contributed by atoms with Gasteiger partial charge >= 0.3 is 0 Å². The molecule has 4 nitrogen and oxygen atoms in total. The van der Waals surface area contributed by atoms with Crippen LogP contribution < -0.4 is 5.32 Å². The first-order valence-corrected chi connectivity index (χ1v) is 6.23. The summed E-state index contributed by atoms with van der Waals surface area (Å²) in [6.07, 6.45) is 1.50. The van der Waals surface area contributed by atoms with E-state index in [0.29, 0.717) is 6.54 Å². The van der Waals surface area contributed by atoms with Crippen molar-refractivity contribution in [3.63, 3.8) is 0 Å². The van der Waals surface area contributed by atoms with Crippen molar-refractivity contribution in [1.82, 2.24) is 5.32 Å². The molecule has 1 amide bonds. The molecule has 0 aliphatic carbocycles. The normalized spacial score (nSPS) is 11.4. The highest BCUT2D eigenvalue weighted by Gasteiger charge is 2.16. The van der Waals surface area contributed by atoms with Crippen LogP contribution in [-0.4, -0.2) is 29.3 Å². The van der Waals surface area contributed by atoms with Crippen LogP contribution in [0.15, 0.2) is 18.2 Å². The van der Waals surface area contributed by atoms with Gasteiger partial charge in [-0.25, -0.2) is 4.39 Å². The van der Waals surface area contributed by atoms with Crippen LogP contribution in [0, 0.1) is 11.2 Å². The second-order valence-electron chi connectivity index (χ2n) is 5.34. The van der Waals surface area contributed by atoms with Crippen LogP contribution in [0.5, 0.6) is 5.75 Å². The number of carbonyl (C=O) groups is 1. The number of aromatic hydroxyl groups is 1. The van der Waals surface area contributed by atoms with Gasteiger partial charge in [-0.15, -0.1) is 0 Å². The Bertz CT molecular complexity index is 446. The molecule has 0 aromatic heterocycles. The van der Waals surface area contributed by atoms with Gasteiger partial charge in [0, 0.05) is 19.2 Å². The molecule has 3 N–H and O–H groups in total. The van der Waals surface area contributed by atoms with Crippen LogP contribution in [0.3, 0.4) is 0 Å². The van der Waals surface area contributed by atoms with Gasteiger partial charge in [0.2, 0.25) is 0 Å². The summed E-state index contributed by atoms with van der Waals surface area (Å²) in [5, 5.41) is 21.2. The van der Waals surface area contributed by atoms with E-state index in [4.69, 9.17) is 5.11 Å². The first-order chi connectivity index (χ1) is 8.85. The topological polar surface area (TPSA) is 69.6 Å². The van der Waals surface area contributed by atoms with Gasteiger partial charge in [-0.2, -0.15) is 0 Å². The van der Waals surface area contributed by atoms with E-state index >= 15 is 0 Å². The molecule has 0 radical (unpaired) electrons. The fourth-order valence-electron chi connectivity index (χ4n) is 1.64. The average molecular weight is 269 g/mol. The molecule has 1 aromatic carbocycles. The highest BCUT2D eigenvalue weighted by atomic mass is 19.1. The lowest BCUT2D eigenvalue weighted by Gasteiger charge is -2.21. The Kier molecular flexibility index (Phi) is 5.30. The summed E-state index contributed by atoms with van der Waals surface area (Å²) in [6, 6.07) is 3.28. The van der Waals surface area contributed by atoms with Crippen molar-refractivity contribution in [1.29, 1.82) is 0 Å². The van der Waals surface area contributed by atoms with Gasteiger partial charge in [0.25, 0.3) is 5.91 Å². The molecule has 0 bridgehead atoms. The highest BCUT2D eigenvalue weighted by molar-refractivity contribution is 5.96. The highest BCUT2D eigenvalue weighted by Crippen LogP contribution is 2.21.